The Balaban J connectivity index is 3.11. The quantitative estimate of drug-likeness (QED) is 0.417. The van der Waals surface area contributed by atoms with Crippen molar-refractivity contribution in [3.8, 4) is 0 Å². The van der Waals surface area contributed by atoms with Gasteiger partial charge in [0.15, 0.2) is 0 Å². The lowest BCUT2D eigenvalue weighted by molar-refractivity contribution is -0.134. The minimum absolute atomic E-state index is 0.272. The van der Waals surface area contributed by atoms with E-state index in [1.165, 1.54) is 14.0 Å². The van der Waals surface area contributed by atoms with Gasteiger partial charge < -0.3 is 13.6 Å². The summed E-state index contributed by atoms with van der Waals surface area (Å²) in [6, 6.07) is 0. The third-order valence-corrected chi connectivity index (χ3v) is 2.03. The zero-order valence-corrected chi connectivity index (χ0v) is 7.83. The largest absolute Gasteiger partial charge is 0.499 e. The number of hydrogen-bond donors (Lipinski definition) is 0. The van der Waals surface area contributed by atoms with Gasteiger partial charge in [-0.05, 0) is 6.92 Å². The van der Waals surface area contributed by atoms with Crippen LogP contribution in [0.2, 0.25) is 0 Å². The Morgan fingerprint density at radius 3 is 2.60 bits per heavy atom. The Morgan fingerprint density at radius 2 is 2.20 bits per heavy atom. The van der Waals surface area contributed by atoms with E-state index in [0.717, 1.165) is 0 Å². The van der Waals surface area contributed by atoms with Crippen LogP contribution in [0.25, 0.3) is 0 Å². The molecule has 0 N–H and O–H groups in total. The van der Waals surface area contributed by atoms with Gasteiger partial charge in [0, 0.05) is 14.0 Å². The van der Waals surface area contributed by atoms with Crippen molar-refractivity contribution >= 4 is 16.0 Å². The van der Waals surface area contributed by atoms with Gasteiger partial charge in [0.25, 0.3) is 5.97 Å². The van der Waals surface area contributed by atoms with Crippen molar-refractivity contribution in [3.05, 3.63) is 0 Å². The molecule has 0 saturated heterocycles. The summed E-state index contributed by atoms with van der Waals surface area (Å²) in [6.45, 7) is 3.10. The van der Waals surface area contributed by atoms with Gasteiger partial charge in [-0.25, -0.2) is 0 Å². The molecule has 1 unspecified atom stereocenters. The Labute approximate surface area is 62.5 Å². The summed E-state index contributed by atoms with van der Waals surface area (Å²) in [7, 11) is 0.365. The lowest BCUT2D eigenvalue weighted by atomic mass is 10.8. The first kappa shape index (κ1) is 9.61. The first-order valence-corrected chi connectivity index (χ1v) is 4.10. The number of carbonyl (C=O) groups is 1. The second-order valence-electron chi connectivity index (χ2n) is 1.72. The minimum atomic E-state index is -1.17. The van der Waals surface area contributed by atoms with Gasteiger partial charge in [0.1, 0.15) is 6.29 Å². The molecule has 10 heavy (non-hydrogen) atoms. The molecule has 0 aliphatic rings. The molecule has 0 radical (unpaired) electrons. The number of ether oxygens (including phenoxy) is 1. The van der Waals surface area contributed by atoms with Crippen LogP contribution in [-0.2, 0) is 18.4 Å². The van der Waals surface area contributed by atoms with Crippen LogP contribution in [0.4, 0.5) is 0 Å². The van der Waals surface area contributed by atoms with Gasteiger partial charge in [0.05, 0.1) is 0 Å². The molecule has 0 aromatic carbocycles. The van der Waals surface area contributed by atoms with E-state index in [4.69, 9.17) is 9.16 Å². The molecule has 0 bridgehead atoms. The van der Waals surface area contributed by atoms with Crippen molar-refractivity contribution in [3.63, 3.8) is 0 Å². The fraction of sp³-hybridized carbons (Fsp3) is 0.800. The van der Waals surface area contributed by atoms with Gasteiger partial charge in [-0.2, -0.15) is 0 Å². The third-order valence-electron chi connectivity index (χ3n) is 0.897. The summed E-state index contributed by atoms with van der Waals surface area (Å²) in [5.74, 6) is -0.296. The van der Waals surface area contributed by atoms with Crippen LogP contribution in [-0.4, -0.2) is 29.4 Å². The summed E-state index contributed by atoms with van der Waals surface area (Å²) in [6.07, 6.45) is -0.272. The van der Waals surface area contributed by atoms with E-state index in [1.807, 2.05) is 0 Å². The Hall–Kier alpha value is -0.393. The molecule has 0 aliphatic carbocycles. The molecule has 0 aliphatic heterocycles. The van der Waals surface area contributed by atoms with Crippen LogP contribution in [0.3, 0.4) is 0 Å². The summed E-state index contributed by atoms with van der Waals surface area (Å²) < 4.78 is 14.3. The molecule has 0 amide bonds. The third kappa shape index (κ3) is 5.74. The second kappa shape index (κ2) is 5.40. The molecule has 60 valence electrons. The lowest BCUT2D eigenvalue weighted by Crippen LogP contribution is -2.17. The molecular formula is C5H12O4Si. The van der Waals surface area contributed by atoms with E-state index < -0.39 is 10.0 Å². The monoisotopic (exact) mass is 164 g/mol. The van der Waals surface area contributed by atoms with E-state index in [0.29, 0.717) is 0 Å². The van der Waals surface area contributed by atoms with E-state index >= 15 is 0 Å². The molecule has 0 rings (SSSR count). The molecule has 5 heteroatoms. The van der Waals surface area contributed by atoms with Gasteiger partial charge >= 0.3 is 10.0 Å². The van der Waals surface area contributed by atoms with Gasteiger partial charge in [-0.3, -0.25) is 4.79 Å². The highest BCUT2D eigenvalue weighted by molar-refractivity contribution is 6.22. The highest BCUT2D eigenvalue weighted by Gasteiger charge is 1.99. The average Bonchev–Trinajstić information content (AvgIpc) is 1.87. The van der Waals surface area contributed by atoms with Crippen LogP contribution in [0.1, 0.15) is 13.8 Å². The fourth-order valence-electron chi connectivity index (χ4n) is 0.281. The van der Waals surface area contributed by atoms with Crippen molar-refractivity contribution in [1.29, 1.82) is 0 Å². The molecular weight excluding hydrogens is 152 g/mol. The number of methoxy groups -OCH3 is 1. The highest BCUT2D eigenvalue weighted by Crippen LogP contribution is 1.88. The predicted molar refractivity (Wildman–Crippen MR) is 37.9 cm³/mol. The van der Waals surface area contributed by atoms with E-state index in [1.54, 1.807) is 6.92 Å². The van der Waals surface area contributed by atoms with E-state index in [9.17, 15) is 4.79 Å². The first-order valence-electron chi connectivity index (χ1n) is 2.94. The van der Waals surface area contributed by atoms with Crippen LogP contribution >= 0.6 is 0 Å². The molecule has 0 heterocycles. The molecule has 0 spiro atoms. The van der Waals surface area contributed by atoms with Crippen LogP contribution in [0, 0.1) is 0 Å². The predicted octanol–water partition coefficient (Wildman–Crippen LogP) is -0.443. The molecule has 0 fully saturated rings. The van der Waals surface area contributed by atoms with Gasteiger partial charge in [0.2, 0.25) is 0 Å². The maximum absolute atomic E-state index is 10.2. The Kier molecular flexibility index (Phi) is 5.18. The van der Waals surface area contributed by atoms with Gasteiger partial charge in [-0.15, -0.1) is 0 Å². The van der Waals surface area contributed by atoms with Crippen molar-refractivity contribution in [2.24, 2.45) is 0 Å². The molecule has 1 atom stereocenters. The molecule has 0 aromatic rings. The number of carbonyl (C=O) groups excluding carboxylic acids is 1. The second-order valence-corrected chi connectivity index (χ2v) is 2.58. The first-order chi connectivity index (χ1) is 4.66. The Morgan fingerprint density at radius 1 is 1.60 bits per heavy atom. The molecule has 4 nitrogen and oxygen atoms in total. The number of rotatable bonds is 4. The van der Waals surface area contributed by atoms with Crippen LogP contribution < -0.4 is 0 Å². The standard InChI is InChI=1S/C5H12O4Si/c1-4(6)8-10-9-5(2)7-3/h5H,10H2,1-3H3. The topological polar surface area (TPSA) is 44.8 Å². The average molecular weight is 164 g/mol. The van der Waals surface area contributed by atoms with Crippen molar-refractivity contribution in [2.75, 3.05) is 7.11 Å². The zero-order valence-electron chi connectivity index (χ0n) is 6.42. The Bertz CT molecular complexity index is 106. The maximum atomic E-state index is 10.2. The highest BCUT2D eigenvalue weighted by atomic mass is 28.3. The zero-order chi connectivity index (χ0) is 7.98. The van der Waals surface area contributed by atoms with Crippen molar-refractivity contribution < 1.29 is 18.4 Å². The SMILES string of the molecule is COC(C)O[SiH2]OC(C)=O. The minimum Gasteiger partial charge on any atom is -0.499 e. The summed E-state index contributed by atoms with van der Waals surface area (Å²) in [5.41, 5.74) is 0. The fourth-order valence-corrected chi connectivity index (χ4v) is 0.843. The van der Waals surface area contributed by atoms with Gasteiger partial charge in [-0.1, -0.05) is 0 Å². The smallest absolute Gasteiger partial charge is 0.370 e. The lowest BCUT2D eigenvalue weighted by Gasteiger charge is -2.09. The van der Waals surface area contributed by atoms with Crippen molar-refractivity contribution in [2.45, 2.75) is 20.1 Å². The molecule has 0 aromatic heterocycles. The summed E-state index contributed by atoms with van der Waals surface area (Å²) >= 11 is 0. The van der Waals surface area contributed by atoms with Crippen LogP contribution in [0.15, 0.2) is 0 Å². The number of hydrogen-bond acceptors (Lipinski definition) is 4. The normalized spacial score (nSPS) is 13.9. The van der Waals surface area contributed by atoms with E-state index in [-0.39, 0.29) is 12.3 Å². The summed E-state index contributed by atoms with van der Waals surface area (Å²) in [4.78, 5) is 10.2. The van der Waals surface area contributed by atoms with Crippen LogP contribution in [0.5, 0.6) is 0 Å². The van der Waals surface area contributed by atoms with Crippen molar-refractivity contribution in [1.82, 2.24) is 0 Å². The maximum Gasteiger partial charge on any atom is 0.370 e. The summed E-state index contributed by atoms with van der Waals surface area (Å²) in [5, 5.41) is 0. The molecule has 0 saturated carbocycles. The van der Waals surface area contributed by atoms with E-state index in [2.05, 4.69) is 4.43 Å².